The Hall–Kier alpha value is -0.860. The van der Waals surface area contributed by atoms with Crippen molar-refractivity contribution in [2.45, 2.75) is 58.6 Å². The maximum atomic E-state index is 5.50. The van der Waals surface area contributed by atoms with Crippen LogP contribution in [0.2, 0.25) is 0 Å². The molecule has 19 heavy (non-hydrogen) atoms. The zero-order valence-corrected chi connectivity index (χ0v) is 13.3. The SMILES string of the molecule is CNC(CCC(C)(C)OC)Cc1cc(C)ccc1C. The second-order valence-electron chi connectivity index (χ2n) is 6.12. The van der Waals surface area contributed by atoms with E-state index in [9.17, 15) is 0 Å². The van der Waals surface area contributed by atoms with E-state index in [1.165, 1.54) is 16.7 Å². The Morgan fingerprint density at radius 2 is 1.95 bits per heavy atom. The summed E-state index contributed by atoms with van der Waals surface area (Å²) in [6, 6.07) is 7.22. The molecule has 1 rings (SSSR count). The highest BCUT2D eigenvalue weighted by Gasteiger charge is 2.19. The van der Waals surface area contributed by atoms with Gasteiger partial charge < -0.3 is 10.1 Å². The van der Waals surface area contributed by atoms with Crippen LogP contribution in [0.5, 0.6) is 0 Å². The molecule has 1 aromatic carbocycles. The number of likely N-dealkylation sites (N-methyl/N-ethyl adjacent to an activating group) is 1. The van der Waals surface area contributed by atoms with Crippen LogP contribution in [0.15, 0.2) is 18.2 Å². The fourth-order valence-electron chi connectivity index (χ4n) is 2.26. The fourth-order valence-corrected chi connectivity index (χ4v) is 2.26. The summed E-state index contributed by atoms with van der Waals surface area (Å²) in [4.78, 5) is 0. The molecule has 1 aromatic rings. The van der Waals surface area contributed by atoms with E-state index in [0.717, 1.165) is 19.3 Å². The molecule has 2 heteroatoms. The Bertz CT molecular complexity index is 398. The van der Waals surface area contributed by atoms with E-state index >= 15 is 0 Å². The molecule has 1 atom stereocenters. The lowest BCUT2D eigenvalue weighted by atomic mass is 9.93. The van der Waals surface area contributed by atoms with Gasteiger partial charge in [-0.15, -0.1) is 0 Å². The van der Waals surface area contributed by atoms with E-state index < -0.39 is 0 Å². The minimum Gasteiger partial charge on any atom is -0.379 e. The molecule has 108 valence electrons. The number of ether oxygens (including phenoxy) is 1. The van der Waals surface area contributed by atoms with Crippen molar-refractivity contribution in [1.82, 2.24) is 5.32 Å². The fraction of sp³-hybridized carbons (Fsp3) is 0.647. The van der Waals surface area contributed by atoms with Crippen molar-refractivity contribution in [2.24, 2.45) is 0 Å². The van der Waals surface area contributed by atoms with Crippen LogP contribution in [-0.4, -0.2) is 25.8 Å². The molecular weight excluding hydrogens is 234 g/mol. The summed E-state index contributed by atoms with van der Waals surface area (Å²) in [5, 5.41) is 3.44. The summed E-state index contributed by atoms with van der Waals surface area (Å²) >= 11 is 0. The van der Waals surface area contributed by atoms with Gasteiger partial charge in [0.15, 0.2) is 0 Å². The highest BCUT2D eigenvalue weighted by atomic mass is 16.5. The van der Waals surface area contributed by atoms with Gasteiger partial charge in [-0.2, -0.15) is 0 Å². The number of nitrogens with one attached hydrogen (secondary N) is 1. The van der Waals surface area contributed by atoms with E-state index in [1.807, 2.05) is 0 Å². The summed E-state index contributed by atoms with van der Waals surface area (Å²) in [6.45, 7) is 8.65. The molecule has 0 saturated carbocycles. The van der Waals surface area contributed by atoms with Gasteiger partial charge in [0.25, 0.3) is 0 Å². The highest BCUT2D eigenvalue weighted by molar-refractivity contribution is 5.31. The van der Waals surface area contributed by atoms with Crippen molar-refractivity contribution in [3.63, 3.8) is 0 Å². The number of benzene rings is 1. The van der Waals surface area contributed by atoms with Gasteiger partial charge in [-0.25, -0.2) is 0 Å². The second kappa shape index (κ2) is 7.06. The van der Waals surface area contributed by atoms with Crippen molar-refractivity contribution < 1.29 is 4.74 Å². The zero-order valence-electron chi connectivity index (χ0n) is 13.3. The molecule has 0 aliphatic heterocycles. The molecule has 0 aliphatic carbocycles. The average Bonchev–Trinajstić information content (AvgIpc) is 2.38. The van der Waals surface area contributed by atoms with Crippen molar-refractivity contribution in [1.29, 1.82) is 0 Å². The first-order valence-corrected chi connectivity index (χ1v) is 7.16. The lowest BCUT2D eigenvalue weighted by Gasteiger charge is -2.26. The van der Waals surface area contributed by atoms with Crippen molar-refractivity contribution in [2.75, 3.05) is 14.2 Å². The lowest BCUT2D eigenvalue weighted by Crippen LogP contribution is -2.32. The molecule has 1 unspecified atom stereocenters. The Balaban J connectivity index is 2.64. The minimum absolute atomic E-state index is 0.0310. The molecule has 0 radical (unpaired) electrons. The largest absolute Gasteiger partial charge is 0.379 e. The van der Waals surface area contributed by atoms with Gasteiger partial charge in [0.05, 0.1) is 5.60 Å². The summed E-state index contributed by atoms with van der Waals surface area (Å²) in [7, 11) is 3.84. The van der Waals surface area contributed by atoms with Crippen LogP contribution in [0.1, 0.15) is 43.4 Å². The van der Waals surface area contributed by atoms with E-state index in [-0.39, 0.29) is 5.60 Å². The molecule has 1 N–H and O–H groups in total. The van der Waals surface area contributed by atoms with Gasteiger partial charge in [-0.1, -0.05) is 23.8 Å². The number of hydrogen-bond donors (Lipinski definition) is 1. The van der Waals surface area contributed by atoms with E-state index in [2.05, 4.69) is 58.3 Å². The van der Waals surface area contributed by atoms with Gasteiger partial charge >= 0.3 is 0 Å². The average molecular weight is 263 g/mol. The third kappa shape index (κ3) is 5.33. The third-order valence-electron chi connectivity index (χ3n) is 4.03. The summed E-state index contributed by atoms with van der Waals surface area (Å²) in [5.41, 5.74) is 4.15. The van der Waals surface area contributed by atoms with Crippen LogP contribution in [-0.2, 0) is 11.2 Å². The van der Waals surface area contributed by atoms with E-state index in [1.54, 1.807) is 7.11 Å². The molecule has 2 nitrogen and oxygen atoms in total. The summed E-state index contributed by atoms with van der Waals surface area (Å²) in [6.07, 6.45) is 3.29. The standard InChI is InChI=1S/C17H29NO/c1-13-7-8-14(2)15(11-13)12-16(18-5)9-10-17(3,4)19-6/h7-8,11,16,18H,9-10,12H2,1-6H3. The summed E-state index contributed by atoms with van der Waals surface area (Å²) < 4.78 is 5.50. The van der Waals surface area contributed by atoms with Gasteiger partial charge in [-0.05, 0) is 65.1 Å². The van der Waals surface area contributed by atoms with E-state index in [4.69, 9.17) is 4.74 Å². The maximum absolute atomic E-state index is 5.50. The first-order chi connectivity index (χ1) is 8.88. The minimum atomic E-state index is -0.0310. The maximum Gasteiger partial charge on any atom is 0.0623 e. The van der Waals surface area contributed by atoms with Crippen molar-refractivity contribution in [3.8, 4) is 0 Å². The van der Waals surface area contributed by atoms with Crippen LogP contribution in [0.4, 0.5) is 0 Å². The van der Waals surface area contributed by atoms with Crippen LogP contribution >= 0.6 is 0 Å². The molecule has 0 fully saturated rings. The van der Waals surface area contributed by atoms with E-state index in [0.29, 0.717) is 6.04 Å². The van der Waals surface area contributed by atoms with Gasteiger partial charge in [0.1, 0.15) is 0 Å². The lowest BCUT2D eigenvalue weighted by molar-refractivity contribution is 0.0119. The van der Waals surface area contributed by atoms with Crippen LogP contribution in [0, 0.1) is 13.8 Å². The first kappa shape index (κ1) is 16.2. The van der Waals surface area contributed by atoms with Crippen molar-refractivity contribution in [3.05, 3.63) is 34.9 Å². The van der Waals surface area contributed by atoms with Crippen LogP contribution in [0.25, 0.3) is 0 Å². The Morgan fingerprint density at radius 1 is 1.26 bits per heavy atom. The van der Waals surface area contributed by atoms with Crippen molar-refractivity contribution >= 4 is 0 Å². The molecule has 0 saturated heterocycles. The molecule has 0 aliphatic rings. The van der Waals surface area contributed by atoms with Gasteiger partial charge in [0.2, 0.25) is 0 Å². The Labute approximate surface area is 118 Å². The van der Waals surface area contributed by atoms with Crippen LogP contribution < -0.4 is 5.32 Å². The number of aryl methyl sites for hydroxylation is 2. The highest BCUT2D eigenvalue weighted by Crippen LogP contribution is 2.20. The molecule has 0 heterocycles. The Morgan fingerprint density at radius 3 is 2.53 bits per heavy atom. The summed E-state index contributed by atoms with van der Waals surface area (Å²) in [5.74, 6) is 0. The van der Waals surface area contributed by atoms with Gasteiger partial charge in [0, 0.05) is 13.2 Å². The smallest absolute Gasteiger partial charge is 0.0623 e. The molecule has 0 amide bonds. The molecule has 0 bridgehead atoms. The zero-order chi connectivity index (χ0) is 14.5. The number of rotatable bonds is 7. The molecule has 0 aromatic heterocycles. The van der Waals surface area contributed by atoms with Gasteiger partial charge in [-0.3, -0.25) is 0 Å². The molecular formula is C17H29NO. The third-order valence-corrected chi connectivity index (χ3v) is 4.03. The number of hydrogen-bond acceptors (Lipinski definition) is 2. The predicted octanol–water partition coefficient (Wildman–Crippen LogP) is 3.64. The normalized spacial score (nSPS) is 13.6. The quantitative estimate of drug-likeness (QED) is 0.811. The Kier molecular flexibility index (Phi) is 6.02. The first-order valence-electron chi connectivity index (χ1n) is 7.16. The predicted molar refractivity (Wildman–Crippen MR) is 82.8 cm³/mol. The van der Waals surface area contributed by atoms with Crippen LogP contribution in [0.3, 0.4) is 0 Å². The molecule has 0 spiro atoms. The number of methoxy groups -OCH3 is 1. The topological polar surface area (TPSA) is 21.3 Å². The second-order valence-corrected chi connectivity index (χ2v) is 6.12. The monoisotopic (exact) mass is 263 g/mol.